The van der Waals surface area contributed by atoms with Crippen molar-refractivity contribution < 1.29 is 32.9 Å². The second-order valence-electron chi connectivity index (χ2n) is 24.5. The normalized spacial score (nSPS) is 14.3. The Balaban J connectivity index is 4.10. The fraction of sp³-hybridized carbons (Fsp3) is 0.767. The van der Waals surface area contributed by atoms with Crippen molar-refractivity contribution in [3.05, 3.63) is 97.2 Å². The average Bonchev–Trinajstić information content (AvgIpc) is 3.45. The van der Waals surface area contributed by atoms with Crippen LogP contribution >= 0.6 is 7.82 Å². The molecule has 0 rings (SSSR count). The summed E-state index contributed by atoms with van der Waals surface area (Å²) >= 11 is 0. The maximum atomic E-state index is 13.1. The molecule has 0 aliphatic heterocycles. The number of nitrogens with zero attached hydrogens (tertiary/aromatic N) is 1. The summed E-state index contributed by atoms with van der Waals surface area (Å²) in [6, 6.07) is -0.771. The van der Waals surface area contributed by atoms with E-state index in [9.17, 15) is 19.4 Å². The summed E-state index contributed by atoms with van der Waals surface area (Å²) in [7, 11) is 1.61. The number of aliphatic hydroxyl groups excluding tert-OH is 1. The van der Waals surface area contributed by atoms with Gasteiger partial charge in [0.15, 0.2) is 0 Å². The molecule has 3 unspecified atom stereocenters. The van der Waals surface area contributed by atoms with Crippen LogP contribution in [0.15, 0.2) is 97.2 Å². The Hall–Kier alpha value is -2.58. The second kappa shape index (κ2) is 62.9. The first-order chi connectivity index (χ1) is 40.0. The van der Waals surface area contributed by atoms with Crippen molar-refractivity contribution in [1.29, 1.82) is 0 Å². The zero-order valence-electron chi connectivity index (χ0n) is 54.5. The van der Waals surface area contributed by atoms with Crippen molar-refractivity contribution in [2.24, 2.45) is 0 Å². The Morgan fingerprint density at radius 1 is 0.427 bits per heavy atom. The van der Waals surface area contributed by atoms with Gasteiger partial charge < -0.3 is 19.8 Å². The van der Waals surface area contributed by atoms with Crippen molar-refractivity contribution in [3.8, 4) is 0 Å². The topological polar surface area (TPSA) is 105 Å². The summed E-state index contributed by atoms with van der Waals surface area (Å²) in [6.07, 6.45) is 90.7. The highest BCUT2D eigenvalue weighted by atomic mass is 31.2. The van der Waals surface area contributed by atoms with E-state index in [1.165, 1.54) is 186 Å². The molecule has 0 saturated carbocycles. The van der Waals surface area contributed by atoms with Crippen molar-refractivity contribution >= 4 is 13.7 Å². The Bertz CT molecular complexity index is 1660. The van der Waals surface area contributed by atoms with E-state index < -0.39 is 20.0 Å². The molecule has 476 valence electrons. The zero-order chi connectivity index (χ0) is 59.8. The lowest BCUT2D eigenvalue weighted by Crippen LogP contribution is -2.46. The van der Waals surface area contributed by atoms with Gasteiger partial charge in [0, 0.05) is 6.42 Å². The molecule has 3 N–H and O–H groups in total. The lowest BCUT2D eigenvalue weighted by atomic mass is 10.0. The monoisotopic (exact) mass is 1170 g/mol. The first-order valence-electron chi connectivity index (χ1n) is 34.6. The molecule has 0 bridgehead atoms. The number of allylic oxidation sites excluding steroid dienone is 16. The molecule has 0 heterocycles. The van der Waals surface area contributed by atoms with Gasteiger partial charge in [-0.1, -0.05) is 323 Å². The van der Waals surface area contributed by atoms with E-state index in [1.54, 1.807) is 0 Å². The van der Waals surface area contributed by atoms with Crippen LogP contribution in [0.3, 0.4) is 0 Å². The van der Waals surface area contributed by atoms with E-state index in [2.05, 4.69) is 116 Å². The third kappa shape index (κ3) is 65.0. The van der Waals surface area contributed by atoms with E-state index in [4.69, 9.17) is 9.05 Å². The molecule has 0 radical (unpaired) electrons. The fourth-order valence-electron chi connectivity index (χ4n) is 10.0. The van der Waals surface area contributed by atoms with Gasteiger partial charge in [0.05, 0.1) is 39.9 Å². The van der Waals surface area contributed by atoms with Crippen LogP contribution in [0, 0.1) is 0 Å². The Morgan fingerprint density at radius 2 is 0.732 bits per heavy atom. The number of nitrogens with one attached hydrogen (secondary N) is 1. The second-order valence-corrected chi connectivity index (χ2v) is 26.0. The van der Waals surface area contributed by atoms with E-state index in [0.29, 0.717) is 23.9 Å². The van der Waals surface area contributed by atoms with Crippen molar-refractivity contribution in [1.82, 2.24) is 5.32 Å². The van der Waals surface area contributed by atoms with Crippen LogP contribution < -0.4 is 5.32 Å². The number of hydrogen-bond donors (Lipinski definition) is 3. The van der Waals surface area contributed by atoms with Gasteiger partial charge in [-0.2, -0.15) is 0 Å². The predicted molar refractivity (Wildman–Crippen MR) is 359 cm³/mol. The Kier molecular flexibility index (Phi) is 61.0. The lowest BCUT2D eigenvalue weighted by molar-refractivity contribution is -0.870. The Morgan fingerprint density at radius 3 is 1.07 bits per heavy atom. The average molecular weight is 1170 g/mol. The first-order valence-corrected chi connectivity index (χ1v) is 36.1. The third-order valence-electron chi connectivity index (χ3n) is 15.3. The summed E-state index contributed by atoms with van der Waals surface area (Å²) in [5, 5.41) is 14.1. The van der Waals surface area contributed by atoms with E-state index in [-0.39, 0.29) is 19.1 Å². The third-order valence-corrected chi connectivity index (χ3v) is 16.3. The van der Waals surface area contributed by atoms with Gasteiger partial charge >= 0.3 is 7.82 Å². The highest BCUT2D eigenvalue weighted by Crippen LogP contribution is 2.43. The molecule has 0 fully saturated rings. The van der Waals surface area contributed by atoms with Crippen LogP contribution in [0.1, 0.15) is 309 Å². The number of rotatable bonds is 63. The number of quaternary nitrogens is 1. The number of carbonyl (C=O) groups is 1. The highest BCUT2D eigenvalue weighted by molar-refractivity contribution is 7.47. The molecule has 0 aliphatic rings. The number of hydrogen-bond acceptors (Lipinski definition) is 5. The molecule has 0 saturated heterocycles. The van der Waals surface area contributed by atoms with E-state index in [1.807, 2.05) is 21.1 Å². The molecule has 8 nitrogen and oxygen atoms in total. The first kappa shape index (κ1) is 79.4. The molecule has 82 heavy (non-hydrogen) atoms. The number of likely N-dealkylation sites (N-methyl/N-ethyl adjacent to an activating group) is 1. The SMILES string of the molecule is CC/C=C\C/C=C\C/C=C\C/C=C\C/C=C\C/C=C\C/C=C\C/C=C\CCCCCCCCCCCCC(=O)NC(COP(=O)(O)OCC[N+](C)(C)C)C(O)CCCCCCCCCCCCCCCCCCCCCCCCCCC. The van der Waals surface area contributed by atoms with Crippen LogP contribution in [-0.2, 0) is 18.4 Å². The minimum absolute atomic E-state index is 0.0705. The number of phosphoric ester groups is 1. The molecule has 0 aromatic rings. The van der Waals surface area contributed by atoms with Gasteiger partial charge in [-0.05, 0) is 77.0 Å². The van der Waals surface area contributed by atoms with Crippen LogP contribution in [0.25, 0.3) is 0 Å². The minimum Gasteiger partial charge on any atom is -0.391 e. The van der Waals surface area contributed by atoms with Gasteiger partial charge in [-0.15, -0.1) is 0 Å². The van der Waals surface area contributed by atoms with Gasteiger partial charge in [0.1, 0.15) is 13.2 Å². The number of amides is 1. The number of unbranched alkanes of at least 4 members (excludes halogenated alkanes) is 34. The molecule has 0 aromatic heterocycles. The maximum absolute atomic E-state index is 13.1. The standard InChI is InChI=1S/C73H133N2O6P/c1-6-8-10-12-14-16-18-20-22-24-26-28-30-32-33-34-35-36-37-38-39-40-41-43-45-47-49-51-53-55-57-59-61-63-65-67-73(77)74-71(70-81-82(78,79)80-69-68-75(3,4)5)72(76)66-64-62-60-58-56-54-52-50-48-46-44-42-31-29-27-25-23-21-19-17-15-13-11-9-7-2/h8,10,14,16,20,22,26,28,32-33,35-36,38-39,41,43,71-72,76H,6-7,9,11-13,15,17-19,21,23-25,27,29-31,34,37,40,42,44-70H2,1-5H3,(H-,74,77,78,79)/p+1/b10-8-,16-14-,22-20-,28-26-,33-32-,36-35-,39-38-,43-41-. The van der Waals surface area contributed by atoms with Crippen LogP contribution in [0.4, 0.5) is 0 Å². The zero-order valence-corrected chi connectivity index (χ0v) is 55.4. The van der Waals surface area contributed by atoms with Crippen molar-refractivity contribution in [2.45, 2.75) is 321 Å². The van der Waals surface area contributed by atoms with Crippen molar-refractivity contribution in [2.75, 3.05) is 40.9 Å². The molecular weight excluding hydrogens is 1030 g/mol. The molecular formula is C73H134N2O6P+. The lowest BCUT2D eigenvalue weighted by Gasteiger charge is -2.26. The minimum atomic E-state index is -4.34. The highest BCUT2D eigenvalue weighted by Gasteiger charge is 2.28. The van der Waals surface area contributed by atoms with Crippen molar-refractivity contribution in [3.63, 3.8) is 0 Å². The predicted octanol–water partition coefficient (Wildman–Crippen LogP) is 22.1. The summed E-state index contributed by atoms with van der Waals surface area (Å²) in [6.45, 7) is 4.80. The summed E-state index contributed by atoms with van der Waals surface area (Å²) in [5.41, 5.74) is 0. The largest absolute Gasteiger partial charge is 0.472 e. The smallest absolute Gasteiger partial charge is 0.391 e. The summed E-state index contributed by atoms with van der Waals surface area (Å²) in [5.74, 6) is -0.149. The fourth-order valence-corrected chi connectivity index (χ4v) is 10.7. The number of aliphatic hydroxyl groups is 1. The van der Waals surface area contributed by atoms with Crippen LogP contribution in [0.2, 0.25) is 0 Å². The molecule has 9 heteroatoms. The number of carbonyl (C=O) groups excluding carboxylic acids is 1. The van der Waals surface area contributed by atoms with E-state index >= 15 is 0 Å². The van der Waals surface area contributed by atoms with Crippen LogP contribution in [-0.4, -0.2) is 73.4 Å². The molecule has 3 atom stereocenters. The molecule has 0 aromatic carbocycles. The van der Waals surface area contributed by atoms with Gasteiger partial charge in [-0.3, -0.25) is 13.8 Å². The molecule has 0 spiro atoms. The molecule has 1 amide bonds. The van der Waals surface area contributed by atoms with E-state index in [0.717, 1.165) is 96.3 Å². The van der Waals surface area contributed by atoms with Gasteiger partial charge in [-0.25, -0.2) is 4.57 Å². The maximum Gasteiger partial charge on any atom is 0.472 e. The Labute approximate surface area is 509 Å². The summed E-state index contributed by atoms with van der Waals surface area (Å²) < 4.78 is 23.9. The van der Waals surface area contributed by atoms with Gasteiger partial charge in [0.25, 0.3) is 0 Å². The quantitative estimate of drug-likeness (QED) is 0.0243. The van der Waals surface area contributed by atoms with Crippen LogP contribution in [0.5, 0.6) is 0 Å². The summed E-state index contributed by atoms with van der Waals surface area (Å²) in [4.78, 5) is 23.5. The van der Waals surface area contributed by atoms with Gasteiger partial charge in [0.2, 0.25) is 5.91 Å². The number of phosphoric acid groups is 1. The molecule has 0 aliphatic carbocycles.